The van der Waals surface area contributed by atoms with Gasteiger partial charge in [-0.2, -0.15) is 0 Å². The Balaban J connectivity index is 2.61. The lowest BCUT2D eigenvalue weighted by atomic mass is 10.2. The average molecular weight is 193 g/mol. The Kier molecular flexibility index (Phi) is 2.05. The Hall–Kier alpha value is -1.68. The van der Waals surface area contributed by atoms with Crippen LogP contribution in [0.1, 0.15) is 5.76 Å². The van der Waals surface area contributed by atoms with Gasteiger partial charge in [0.1, 0.15) is 17.1 Å². The number of furan rings is 1. The second-order valence-electron chi connectivity index (χ2n) is 3.09. The fraction of sp³-hybridized carbons (Fsp3) is 0.200. The predicted octanol–water partition coefficient (Wildman–Crippen LogP) is 1.35. The second-order valence-corrected chi connectivity index (χ2v) is 3.09. The maximum atomic E-state index is 9.68. The Morgan fingerprint density at radius 1 is 1.29 bits per heavy atom. The first-order chi connectivity index (χ1) is 6.72. The van der Waals surface area contributed by atoms with Crippen molar-refractivity contribution in [1.29, 1.82) is 0 Å². The number of phenols is 1. The third-order valence-electron chi connectivity index (χ3n) is 2.09. The molecule has 0 amide bonds. The van der Waals surface area contributed by atoms with E-state index in [1.165, 1.54) is 12.1 Å². The van der Waals surface area contributed by atoms with E-state index in [0.717, 1.165) is 0 Å². The van der Waals surface area contributed by atoms with Gasteiger partial charge in [-0.05, 0) is 18.7 Å². The molecule has 0 fully saturated rings. The summed E-state index contributed by atoms with van der Waals surface area (Å²) in [5.74, 6) is 0.698. The summed E-state index contributed by atoms with van der Waals surface area (Å²) in [4.78, 5) is 0. The molecule has 1 heterocycles. The van der Waals surface area contributed by atoms with E-state index in [-0.39, 0.29) is 11.5 Å². The van der Waals surface area contributed by atoms with Crippen molar-refractivity contribution in [3.8, 4) is 11.5 Å². The van der Waals surface area contributed by atoms with Gasteiger partial charge in [-0.25, -0.2) is 0 Å². The number of hydrogen-bond donors (Lipinski definition) is 3. The maximum absolute atomic E-state index is 9.68. The van der Waals surface area contributed by atoms with Crippen LogP contribution in [0.3, 0.4) is 0 Å². The largest absolute Gasteiger partial charge is 0.508 e. The van der Waals surface area contributed by atoms with Crippen molar-refractivity contribution in [1.82, 2.24) is 0 Å². The van der Waals surface area contributed by atoms with Crippen LogP contribution in [-0.2, 0) is 6.42 Å². The zero-order valence-electron chi connectivity index (χ0n) is 7.53. The summed E-state index contributed by atoms with van der Waals surface area (Å²) in [6, 6.07) is 4.59. The van der Waals surface area contributed by atoms with Crippen molar-refractivity contribution >= 4 is 11.0 Å². The molecule has 0 saturated carbocycles. The molecule has 0 radical (unpaired) electrons. The lowest BCUT2D eigenvalue weighted by Crippen LogP contribution is -2.01. The zero-order valence-corrected chi connectivity index (χ0v) is 7.53. The highest BCUT2D eigenvalue weighted by Crippen LogP contribution is 2.33. The van der Waals surface area contributed by atoms with Crippen LogP contribution in [-0.4, -0.2) is 16.8 Å². The van der Waals surface area contributed by atoms with E-state index in [1.807, 2.05) is 0 Å². The summed E-state index contributed by atoms with van der Waals surface area (Å²) in [7, 11) is 0. The number of nitrogens with two attached hydrogens (primary N) is 1. The van der Waals surface area contributed by atoms with Crippen LogP contribution in [0.2, 0.25) is 0 Å². The van der Waals surface area contributed by atoms with Gasteiger partial charge in [0.05, 0.1) is 5.39 Å². The minimum absolute atomic E-state index is 0.116. The van der Waals surface area contributed by atoms with Gasteiger partial charge in [0.2, 0.25) is 0 Å². The molecule has 0 aliphatic carbocycles. The molecule has 4 heteroatoms. The van der Waals surface area contributed by atoms with Gasteiger partial charge in [-0.1, -0.05) is 0 Å². The van der Waals surface area contributed by atoms with Crippen LogP contribution in [0.4, 0.5) is 0 Å². The van der Waals surface area contributed by atoms with E-state index in [0.29, 0.717) is 29.7 Å². The number of aromatic hydroxyl groups is 2. The predicted molar refractivity (Wildman–Crippen MR) is 52.3 cm³/mol. The van der Waals surface area contributed by atoms with Gasteiger partial charge in [0, 0.05) is 12.5 Å². The monoisotopic (exact) mass is 193 g/mol. The molecular weight excluding hydrogens is 182 g/mol. The third kappa shape index (κ3) is 1.29. The molecular formula is C10H11NO3. The molecule has 4 nitrogen and oxygen atoms in total. The molecule has 0 aliphatic heterocycles. The van der Waals surface area contributed by atoms with Crippen LogP contribution in [0.5, 0.6) is 11.5 Å². The Bertz CT molecular complexity index is 462. The van der Waals surface area contributed by atoms with E-state index in [4.69, 9.17) is 10.2 Å². The van der Waals surface area contributed by atoms with Crippen LogP contribution in [0.15, 0.2) is 22.6 Å². The van der Waals surface area contributed by atoms with Gasteiger partial charge >= 0.3 is 0 Å². The molecule has 4 N–H and O–H groups in total. The van der Waals surface area contributed by atoms with Crippen molar-refractivity contribution in [2.75, 3.05) is 6.54 Å². The average Bonchev–Trinajstić information content (AvgIpc) is 2.44. The molecule has 1 aromatic carbocycles. The van der Waals surface area contributed by atoms with E-state index in [2.05, 4.69) is 0 Å². The van der Waals surface area contributed by atoms with Crippen LogP contribution in [0, 0.1) is 0 Å². The third-order valence-corrected chi connectivity index (χ3v) is 2.09. The van der Waals surface area contributed by atoms with E-state index >= 15 is 0 Å². The molecule has 0 saturated heterocycles. The highest BCUT2D eigenvalue weighted by molar-refractivity contribution is 5.86. The fourth-order valence-electron chi connectivity index (χ4n) is 1.42. The number of hydrogen-bond acceptors (Lipinski definition) is 4. The van der Waals surface area contributed by atoms with E-state index in [9.17, 15) is 10.2 Å². The summed E-state index contributed by atoms with van der Waals surface area (Å²) < 4.78 is 5.33. The maximum Gasteiger partial charge on any atom is 0.165 e. The van der Waals surface area contributed by atoms with E-state index in [1.54, 1.807) is 6.07 Å². The van der Waals surface area contributed by atoms with Gasteiger partial charge in [-0.15, -0.1) is 0 Å². The number of benzene rings is 1. The molecule has 2 aromatic rings. The number of rotatable bonds is 2. The van der Waals surface area contributed by atoms with Gasteiger partial charge in [-0.3, -0.25) is 0 Å². The Morgan fingerprint density at radius 2 is 2.07 bits per heavy atom. The van der Waals surface area contributed by atoms with E-state index < -0.39 is 0 Å². The highest BCUT2D eigenvalue weighted by atomic mass is 16.4. The quantitative estimate of drug-likeness (QED) is 0.672. The van der Waals surface area contributed by atoms with Crippen LogP contribution in [0.25, 0.3) is 11.0 Å². The Morgan fingerprint density at radius 3 is 2.79 bits per heavy atom. The topological polar surface area (TPSA) is 79.6 Å². The lowest BCUT2D eigenvalue weighted by Gasteiger charge is -1.91. The molecule has 0 aliphatic rings. The fourth-order valence-corrected chi connectivity index (χ4v) is 1.42. The van der Waals surface area contributed by atoms with Crippen molar-refractivity contribution in [3.63, 3.8) is 0 Å². The minimum Gasteiger partial charge on any atom is -0.508 e. The van der Waals surface area contributed by atoms with Gasteiger partial charge < -0.3 is 20.4 Å². The molecule has 14 heavy (non-hydrogen) atoms. The molecule has 1 aromatic heterocycles. The first-order valence-electron chi connectivity index (χ1n) is 4.36. The minimum atomic E-state index is 0.116. The van der Waals surface area contributed by atoms with Crippen molar-refractivity contribution in [3.05, 3.63) is 24.0 Å². The highest BCUT2D eigenvalue weighted by Gasteiger charge is 2.12. The van der Waals surface area contributed by atoms with Crippen molar-refractivity contribution in [2.45, 2.75) is 6.42 Å². The van der Waals surface area contributed by atoms with Gasteiger partial charge in [0.25, 0.3) is 0 Å². The van der Waals surface area contributed by atoms with Gasteiger partial charge in [0.15, 0.2) is 5.75 Å². The van der Waals surface area contributed by atoms with Crippen molar-refractivity contribution in [2.24, 2.45) is 5.73 Å². The molecule has 0 unspecified atom stereocenters. The molecule has 0 bridgehead atoms. The smallest absolute Gasteiger partial charge is 0.165 e. The normalized spacial score (nSPS) is 10.9. The first kappa shape index (κ1) is 8.90. The summed E-state index contributed by atoms with van der Waals surface area (Å²) in [5, 5.41) is 19.5. The second kappa shape index (κ2) is 3.23. The summed E-state index contributed by atoms with van der Waals surface area (Å²) in [5.41, 5.74) is 5.84. The Labute approximate surface area is 80.6 Å². The molecule has 0 spiro atoms. The molecule has 2 rings (SSSR count). The summed E-state index contributed by atoms with van der Waals surface area (Å²) >= 11 is 0. The molecule has 0 atom stereocenters. The SMILES string of the molecule is NCCc1oc2cc(O)ccc2c1O. The molecule has 74 valence electrons. The van der Waals surface area contributed by atoms with Crippen LogP contribution >= 0.6 is 0 Å². The lowest BCUT2D eigenvalue weighted by molar-refractivity contribution is 0.440. The number of fused-ring (bicyclic) bond motifs is 1. The summed E-state index contributed by atoms with van der Waals surface area (Å²) in [6.07, 6.45) is 0.487. The first-order valence-corrected chi connectivity index (χ1v) is 4.36. The van der Waals surface area contributed by atoms with Crippen LogP contribution < -0.4 is 5.73 Å². The standard InChI is InChI=1S/C10H11NO3/c11-4-3-8-10(13)7-2-1-6(12)5-9(7)14-8/h1-2,5,12-13H,3-4,11H2. The zero-order chi connectivity index (χ0) is 10.1. The summed E-state index contributed by atoms with van der Waals surface area (Å²) in [6.45, 7) is 0.416. The van der Waals surface area contributed by atoms with Crippen molar-refractivity contribution < 1.29 is 14.6 Å². The number of phenolic OH excluding ortho intramolecular Hbond substituents is 1.